The third-order valence-electron chi connectivity index (χ3n) is 3.86. The lowest BCUT2D eigenvalue weighted by molar-refractivity contribution is -0.118. The predicted octanol–water partition coefficient (Wildman–Crippen LogP) is 3.54. The van der Waals surface area contributed by atoms with Gasteiger partial charge in [-0.05, 0) is 44.5 Å². The number of hydrogen-bond acceptors (Lipinski definition) is 5. The molecule has 0 saturated carbocycles. The lowest BCUT2D eigenvalue weighted by Crippen LogP contribution is -2.24. The number of nitrogens with one attached hydrogen (secondary N) is 2. The second kappa shape index (κ2) is 10.9. The number of carbonyl (C=O) groups excluding carboxylic acids is 1. The van der Waals surface area contributed by atoms with Crippen molar-refractivity contribution in [2.24, 2.45) is 0 Å². The molecule has 2 rings (SSSR count). The van der Waals surface area contributed by atoms with Gasteiger partial charge in [0.1, 0.15) is 0 Å². The van der Waals surface area contributed by atoms with Crippen molar-refractivity contribution in [2.75, 3.05) is 25.1 Å². The zero-order chi connectivity index (χ0) is 20.5. The second-order valence-electron chi connectivity index (χ2n) is 6.51. The molecule has 28 heavy (non-hydrogen) atoms. The van der Waals surface area contributed by atoms with E-state index in [1.54, 1.807) is 19.1 Å². The van der Waals surface area contributed by atoms with Crippen molar-refractivity contribution in [3.63, 3.8) is 0 Å². The number of amides is 1. The van der Waals surface area contributed by atoms with Gasteiger partial charge in [0.25, 0.3) is 5.91 Å². The first-order valence-corrected chi connectivity index (χ1v) is 9.60. The van der Waals surface area contributed by atoms with E-state index < -0.39 is 6.10 Å². The number of anilines is 1. The van der Waals surface area contributed by atoms with Crippen molar-refractivity contribution in [1.29, 1.82) is 0 Å². The number of halogens is 1. The van der Waals surface area contributed by atoms with Crippen LogP contribution < -0.4 is 20.1 Å². The van der Waals surface area contributed by atoms with Crippen LogP contribution in [0.4, 0.5) is 5.69 Å². The molecule has 0 aliphatic heterocycles. The first-order chi connectivity index (χ1) is 13.4. The molecule has 2 aromatic rings. The van der Waals surface area contributed by atoms with E-state index in [-0.39, 0.29) is 12.5 Å². The summed E-state index contributed by atoms with van der Waals surface area (Å²) in [5, 5.41) is 15.7. The fourth-order valence-electron chi connectivity index (χ4n) is 2.49. The smallest absolute Gasteiger partial charge is 0.262 e. The van der Waals surface area contributed by atoms with E-state index in [2.05, 4.69) is 10.6 Å². The van der Waals surface area contributed by atoms with Gasteiger partial charge in [0.05, 0.1) is 12.7 Å². The fourth-order valence-corrected chi connectivity index (χ4v) is 2.71. The highest BCUT2D eigenvalue weighted by Gasteiger charge is 2.13. The lowest BCUT2D eigenvalue weighted by atomic mass is 10.2. The Morgan fingerprint density at radius 2 is 1.86 bits per heavy atom. The Morgan fingerprint density at radius 3 is 2.50 bits per heavy atom. The van der Waals surface area contributed by atoms with E-state index in [1.165, 1.54) is 0 Å². The molecule has 0 bridgehead atoms. The van der Waals surface area contributed by atoms with E-state index in [4.69, 9.17) is 21.1 Å². The zero-order valence-corrected chi connectivity index (χ0v) is 17.2. The number of aliphatic hydroxyl groups is 1. The Hall–Kier alpha value is -2.28. The van der Waals surface area contributed by atoms with Crippen LogP contribution in [-0.4, -0.2) is 36.9 Å². The Labute approximate surface area is 170 Å². The van der Waals surface area contributed by atoms with E-state index in [0.717, 1.165) is 11.1 Å². The third kappa shape index (κ3) is 7.03. The molecule has 7 heteroatoms. The van der Waals surface area contributed by atoms with Crippen molar-refractivity contribution in [1.82, 2.24) is 5.32 Å². The van der Waals surface area contributed by atoms with Gasteiger partial charge in [-0.25, -0.2) is 0 Å². The maximum Gasteiger partial charge on any atom is 0.262 e. The molecule has 1 amide bonds. The summed E-state index contributed by atoms with van der Waals surface area (Å²) < 4.78 is 11.3. The Bertz CT molecular complexity index is 779. The molecule has 6 nitrogen and oxygen atoms in total. The molecular weight excluding hydrogens is 380 g/mol. The molecule has 0 fully saturated rings. The van der Waals surface area contributed by atoms with E-state index >= 15 is 0 Å². The maximum atomic E-state index is 12.2. The van der Waals surface area contributed by atoms with Gasteiger partial charge in [-0.1, -0.05) is 29.3 Å². The van der Waals surface area contributed by atoms with Crippen LogP contribution in [0.15, 0.2) is 36.4 Å². The highest BCUT2D eigenvalue weighted by atomic mass is 35.5. The maximum absolute atomic E-state index is 12.2. The van der Waals surface area contributed by atoms with Gasteiger partial charge in [-0.2, -0.15) is 0 Å². The average Bonchev–Trinajstić information content (AvgIpc) is 2.64. The minimum atomic E-state index is -0.445. The normalized spacial score (nSPS) is 11.8. The summed E-state index contributed by atoms with van der Waals surface area (Å²) in [6.45, 7) is 6.79. The molecule has 3 N–H and O–H groups in total. The van der Waals surface area contributed by atoms with Crippen LogP contribution in [-0.2, 0) is 11.3 Å². The number of benzene rings is 2. The number of rotatable bonds is 10. The lowest BCUT2D eigenvalue weighted by Gasteiger charge is -2.15. The largest absolute Gasteiger partial charge is 0.490 e. The van der Waals surface area contributed by atoms with Crippen LogP contribution in [0.3, 0.4) is 0 Å². The Balaban J connectivity index is 2.01. The second-order valence-corrected chi connectivity index (χ2v) is 6.91. The summed E-state index contributed by atoms with van der Waals surface area (Å²) in [7, 11) is 0. The molecule has 0 aromatic heterocycles. The van der Waals surface area contributed by atoms with Gasteiger partial charge in [-0.3, -0.25) is 4.79 Å². The topological polar surface area (TPSA) is 79.8 Å². The molecule has 1 unspecified atom stereocenters. The van der Waals surface area contributed by atoms with Crippen LogP contribution in [0.25, 0.3) is 0 Å². The van der Waals surface area contributed by atoms with Gasteiger partial charge in [-0.15, -0.1) is 0 Å². The Morgan fingerprint density at radius 1 is 1.18 bits per heavy atom. The van der Waals surface area contributed by atoms with Gasteiger partial charge in [0.2, 0.25) is 0 Å². The zero-order valence-electron chi connectivity index (χ0n) is 16.4. The molecular formula is C21H27ClN2O4. The van der Waals surface area contributed by atoms with Crippen molar-refractivity contribution >= 4 is 23.2 Å². The van der Waals surface area contributed by atoms with E-state index in [0.29, 0.717) is 41.9 Å². The van der Waals surface area contributed by atoms with Crippen LogP contribution in [0.5, 0.6) is 11.5 Å². The van der Waals surface area contributed by atoms with Crippen molar-refractivity contribution < 1.29 is 19.4 Å². The Kier molecular flexibility index (Phi) is 8.57. The van der Waals surface area contributed by atoms with E-state index in [9.17, 15) is 9.90 Å². The van der Waals surface area contributed by atoms with Crippen LogP contribution in [0.1, 0.15) is 25.0 Å². The number of ether oxygens (including phenoxy) is 2. The van der Waals surface area contributed by atoms with Gasteiger partial charge in [0.15, 0.2) is 18.1 Å². The average molecular weight is 407 g/mol. The molecule has 0 radical (unpaired) electrons. The van der Waals surface area contributed by atoms with Crippen LogP contribution >= 0.6 is 11.6 Å². The minimum absolute atomic E-state index is 0.163. The number of hydrogen-bond donors (Lipinski definition) is 3. The molecule has 0 saturated heterocycles. The first kappa shape index (κ1) is 22.0. The van der Waals surface area contributed by atoms with Crippen LogP contribution in [0, 0.1) is 6.92 Å². The quantitative estimate of drug-likeness (QED) is 0.562. The van der Waals surface area contributed by atoms with Gasteiger partial charge >= 0.3 is 0 Å². The van der Waals surface area contributed by atoms with Crippen molar-refractivity contribution in [2.45, 2.75) is 33.4 Å². The van der Waals surface area contributed by atoms with Crippen molar-refractivity contribution in [3.05, 3.63) is 52.5 Å². The molecule has 0 heterocycles. The third-order valence-corrected chi connectivity index (χ3v) is 4.21. The van der Waals surface area contributed by atoms with Crippen molar-refractivity contribution in [3.8, 4) is 11.5 Å². The summed E-state index contributed by atoms with van der Waals surface area (Å²) in [4.78, 5) is 12.2. The van der Waals surface area contributed by atoms with Gasteiger partial charge in [0, 0.05) is 29.9 Å². The number of aryl methyl sites for hydroxylation is 1. The minimum Gasteiger partial charge on any atom is -0.490 e. The summed E-state index contributed by atoms with van der Waals surface area (Å²) in [5.41, 5.74) is 2.65. The summed E-state index contributed by atoms with van der Waals surface area (Å²) in [6.07, 6.45) is -0.445. The monoisotopic (exact) mass is 406 g/mol. The number of aliphatic hydroxyl groups excluding tert-OH is 1. The molecule has 0 spiro atoms. The fraction of sp³-hybridized carbons (Fsp3) is 0.381. The molecule has 0 aliphatic carbocycles. The number of carbonyl (C=O) groups is 1. The standard InChI is InChI=1S/C21H27ClN2O4/c1-4-27-19-9-16(12-23-11-15(3)25)18(22)10-20(19)28-13-21(26)24-17-7-5-14(2)6-8-17/h5-10,15,23,25H,4,11-13H2,1-3H3,(H,24,26). The first-order valence-electron chi connectivity index (χ1n) is 9.22. The SMILES string of the molecule is CCOc1cc(CNCC(C)O)c(Cl)cc1OCC(=O)Nc1ccc(C)cc1. The summed E-state index contributed by atoms with van der Waals surface area (Å²) in [5.74, 6) is 0.652. The molecule has 152 valence electrons. The van der Waals surface area contributed by atoms with Crippen LogP contribution in [0.2, 0.25) is 5.02 Å². The molecule has 0 aliphatic rings. The summed E-state index contributed by atoms with van der Waals surface area (Å²) >= 11 is 6.34. The predicted molar refractivity (Wildman–Crippen MR) is 111 cm³/mol. The highest BCUT2D eigenvalue weighted by molar-refractivity contribution is 6.31. The summed E-state index contributed by atoms with van der Waals surface area (Å²) in [6, 6.07) is 11.0. The molecule has 2 aromatic carbocycles. The molecule has 1 atom stereocenters. The van der Waals surface area contributed by atoms with Gasteiger partial charge < -0.3 is 25.2 Å². The van der Waals surface area contributed by atoms with E-state index in [1.807, 2.05) is 38.1 Å². The highest BCUT2D eigenvalue weighted by Crippen LogP contribution is 2.33.